The highest BCUT2D eigenvalue weighted by Gasteiger charge is 2.18. The Morgan fingerprint density at radius 2 is 2.25 bits per heavy atom. The van der Waals surface area contributed by atoms with Crippen LogP contribution in [0, 0.1) is 0 Å². The maximum absolute atomic E-state index is 11.5. The minimum Gasteiger partial charge on any atom is -0.497 e. The Bertz CT molecular complexity index is 600. The third-order valence-corrected chi connectivity index (χ3v) is 2.43. The number of aromatic amines is 1. The second kappa shape index (κ2) is 3.02. The number of nitrogens with one attached hydrogen (secondary N) is 3. The largest absolute Gasteiger partial charge is 0.497 e. The van der Waals surface area contributed by atoms with Gasteiger partial charge in [0.2, 0.25) is 5.95 Å². The molecule has 0 saturated heterocycles. The molecular weight excluding hydrogens is 210 g/mol. The van der Waals surface area contributed by atoms with E-state index in [0.29, 0.717) is 11.7 Å². The summed E-state index contributed by atoms with van der Waals surface area (Å²) in [7, 11) is 1.59. The van der Waals surface area contributed by atoms with Crippen LogP contribution in [0.4, 0.5) is 11.6 Å². The molecule has 1 aliphatic heterocycles. The zero-order chi connectivity index (χ0) is 11.1. The number of benzene rings is 1. The Morgan fingerprint density at radius 1 is 1.38 bits per heavy atom. The topological polar surface area (TPSA) is 84.0 Å². The molecule has 0 unspecified atom stereocenters. The Morgan fingerprint density at radius 3 is 3.06 bits per heavy atom. The van der Waals surface area contributed by atoms with E-state index in [1.54, 1.807) is 25.3 Å². The van der Waals surface area contributed by atoms with E-state index in [1.165, 1.54) is 4.57 Å². The SMILES string of the molecule is COc1ccc2c(c1)NNc1n[nH]c(=O)n1-2. The quantitative estimate of drug-likeness (QED) is 0.643. The first-order chi connectivity index (χ1) is 7.79. The zero-order valence-corrected chi connectivity index (χ0v) is 8.44. The van der Waals surface area contributed by atoms with E-state index < -0.39 is 0 Å². The highest BCUT2D eigenvalue weighted by molar-refractivity contribution is 5.69. The van der Waals surface area contributed by atoms with Gasteiger partial charge in [-0.3, -0.25) is 10.9 Å². The summed E-state index contributed by atoms with van der Waals surface area (Å²) in [6, 6.07) is 5.38. The van der Waals surface area contributed by atoms with Gasteiger partial charge in [-0.2, -0.15) is 0 Å². The number of ether oxygens (including phenoxy) is 1. The molecule has 0 fully saturated rings. The van der Waals surface area contributed by atoms with Gasteiger partial charge >= 0.3 is 5.69 Å². The van der Waals surface area contributed by atoms with Gasteiger partial charge in [-0.1, -0.05) is 0 Å². The predicted octanol–water partition coefficient (Wildman–Crippen LogP) is 0.322. The molecule has 0 spiro atoms. The van der Waals surface area contributed by atoms with Gasteiger partial charge in [-0.15, -0.1) is 5.10 Å². The number of aromatic nitrogens is 3. The van der Waals surface area contributed by atoms with E-state index in [-0.39, 0.29) is 5.69 Å². The van der Waals surface area contributed by atoms with E-state index >= 15 is 0 Å². The molecule has 0 amide bonds. The van der Waals surface area contributed by atoms with E-state index in [4.69, 9.17) is 4.74 Å². The molecule has 1 aromatic heterocycles. The summed E-state index contributed by atoms with van der Waals surface area (Å²) in [5, 5.41) is 6.19. The number of methoxy groups -OCH3 is 1. The molecular formula is C9H9N5O2. The molecule has 7 nitrogen and oxygen atoms in total. The van der Waals surface area contributed by atoms with Crippen LogP contribution >= 0.6 is 0 Å². The van der Waals surface area contributed by atoms with Crippen molar-refractivity contribution in [1.82, 2.24) is 14.8 Å². The summed E-state index contributed by atoms with van der Waals surface area (Å²) in [6.07, 6.45) is 0. The molecule has 82 valence electrons. The van der Waals surface area contributed by atoms with Gasteiger partial charge in [0.25, 0.3) is 0 Å². The number of hydrogen-bond acceptors (Lipinski definition) is 5. The fourth-order valence-corrected chi connectivity index (χ4v) is 1.66. The van der Waals surface area contributed by atoms with Gasteiger partial charge in [0.05, 0.1) is 18.5 Å². The lowest BCUT2D eigenvalue weighted by Crippen LogP contribution is -2.25. The zero-order valence-electron chi connectivity index (χ0n) is 8.44. The molecule has 1 aliphatic rings. The van der Waals surface area contributed by atoms with Gasteiger partial charge in [-0.05, 0) is 12.1 Å². The monoisotopic (exact) mass is 219 g/mol. The van der Waals surface area contributed by atoms with Crippen molar-refractivity contribution in [2.24, 2.45) is 0 Å². The standard InChI is InChI=1S/C9H9N5O2/c1-16-5-2-3-7-6(4-5)10-11-8-12-13-9(15)14(7)8/h2-4,10H,1H3,(H,11,12)(H,13,15). The summed E-state index contributed by atoms with van der Waals surface area (Å²) >= 11 is 0. The molecule has 0 aliphatic carbocycles. The number of H-pyrrole nitrogens is 1. The molecule has 2 aromatic rings. The number of hydrogen-bond donors (Lipinski definition) is 3. The first-order valence-electron chi connectivity index (χ1n) is 4.67. The lowest BCUT2D eigenvalue weighted by atomic mass is 10.2. The maximum atomic E-state index is 11.5. The molecule has 0 saturated carbocycles. The van der Waals surface area contributed by atoms with E-state index in [2.05, 4.69) is 21.0 Å². The molecule has 7 heteroatoms. The average Bonchev–Trinajstić information content (AvgIpc) is 2.70. The van der Waals surface area contributed by atoms with Crippen molar-refractivity contribution in [2.75, 3.05) is 18.0 Å². The van der Waals surface area contributed by atoms with Crippen LogP contribution in [0.25, 0.3) is 5.69 Å². The van der Waals surface area contributed by atoms with E-state index in [9.17, 15) is 4.79 Å². The highest BCUT2D eigenvalue weighted by atomic mass is 16.5. The van der Waals surface area contributed by atoms with Crippen molar-refractivity contribution in [3.63, 3.8) is 0 Å². The lowest BCUT2D eigenvalue weighted by Gasteiger charge is -2.20. The summed E-state index contributed by atoms with van der Waals surface area (Å²) in [5.41, 5.74) is 6.95. The van der Waals surface area contributed by atoms with Crippen LogP contribution in [-0.4, -0.2) is 21.9 Å². The number of anilines is 2. The maximum Gasteiger partial charge on any atom is 0.349 e. The average molecular weight is 219 g/mol. The van der Waals surface area contributed by atoms with Gasteiger partial charge in [0.1, 0.15) is 5.75 Å². The van der Waals surface area contributed by atoms with Gasteiger partial charge in [0, 0.05) is 6.07 Å². The van der Waals surface area contributed by atoms with Crippen LogP contribution in [0.1, 0.15) is 0 Å². The fourth-order valence-electron chi connectivity index (χ4n) is 1.66. The lowest BCUT2D eigenvalue weighted by molar-refractivity contribution is 0.415. The van der Waals surface area contributed by atoms with Crippen LogP contribution in [0.15, 0.2) is 23.0 Å². The van der Waals surface area contributed by atoms with Gasteiger partial charge in [0.15, 0.2) is 0 Å². The molecule has 0 radical (unpaired) electrons. The van der Waals surface area contributed by atoms with Crippen LogP contribution in [0.5, 0.6) is 5.75 Å². The summed E-state index contributed by atoms with van der Waals surface area (Å²) in [5.74, 6) is 1.15. The van der Waals surface area contributed by atoms with Crippen molar-refractivity contribution in [3.05, 3.63) is 28.7 Å². The van der Waals surface area contributed by atoms with Crippen molar-refractivity contribution < 1.29 is 4.74 Å². The fraction of sp³-hybridized carbons (Fsp3) is 0.111. The smallest absolute Gasteiger partial charge is 0.349 e. The Balaban J connectivity index is 2.25. The third-order valence-electron chi connectivity index (χ3n) is 2.43. The number of rotatable bonds is 1. The molecule has 0 bridgehead atoms. The molecule has 3 rings (SSSR count). The molecule has 2 heterocycles. The molecule has 0 atom stereocenters. The normalized spacial score (nSPS) is 12.1. The number of fused-ring (bicyclic) bond motifs is 3. The molecule has 1 aromatic carbocycles. The number of hydrazine groups is 1. The summed E-state index contributed by atoms with van der Waals surface area (Å²) in [6.45, 7) is 0. The second-order valence-corrected chi connectivity index (χ2v) is 3.32. The minimum absolute atomic E-state index is 0.282. The summed E-state index contributed by atoms with van der Waals surface area (Å²) in [4.78, 5) is 11.5. The van der Waals surface area contributed by atoms with E-state index in [0.717, 1.165) is 11.4 Å². The first-order valence-corrected chi connectivity index (χ1v) is 4.67. The minimum atomic E-state index is -0.282. The van der Waals surface area contributed by atoms with Crippen LogP contribution in [0.2, 0.25) is 0 Å². The summed E-state index contributed by atoms with van der Waals surface area (Å²) < 4.78 is 6.55. The van der Waals surface area contributed by atoms with Crippen LogP contribution in [-0.2, 0) is 0 Å². The Labute approximate surface area is 90.0 Å². The second-order valence-electron chi connectivity index (χ2n) is 3.32. The van der Waals surface area contributed by atoms with Crippen molar-refractivity contribution in [1.29, 1.82) is 0 Å². The highest BCUT2D eigenvalue weighted by Crippen LogP contribution is 2.28. The van der Waals surface area contributed by atoms with Crippen LogP contribution < -0.4 is 21.3 Å². The van der Waals surface area contributed by atoms with Gasteiger partial charge < -0.3 is 4.74 Å². The first kappa shape index (κ1) is 8.84. The van der Waals surface area contributed by atoms with Crippen molar-refractivity contribution >= 4 is 11.6 Å². The Kier molecular flexibility index (Phi) is 1.67. The Hall–Kier alpha value is -2.44. The predicted molar refractivity (Wildman–Crippen MR) is 58.0 cm³/mol. The van der Waals surface area contributed by atoms with Gasteiger partial charge in [-0.25, -0.2) is 14.5 Å². The molecule has 3 N–H and O–H groups in total. The molecule has 16 heavy (non-hydrogen) atoms. The third kappa shape index (κ3) is 1.08. The van der Waals surface area contributed by atoms with Crippen LogP contribution in [0.3, 0.4) is 0 Å². The van der Waals surface area contributed by atoms with Crippen molar-refractivity contribution in [2.45, 2.75) is 0 Å². The van der Waals surface area contributed by atoms with E-state index in [1.807, 2.05) is 0 Å². The number of nitrogens with zero attached hydrogens (tertiary/aromatic N) is 2. The van der Waals surface area contributed by atoms with Crippen molar-refractivity contribution in [3.8, 4) is 11.4 Å².